The summed E-state index contributed by atoms with van der Waals surface area (Å²) >= 11 is 0. The SMILES string of the molecule is Cn1cc(S(=O)(=O)N2CCN(Cc3cccc4ccccc34)CC2)cn1. The zero-order valence-electron chi connectivity index (χ0n) is 14.7. The molecule has 1 aromatic heterocycles. The first-order valence-electron chi connectivity index (χ1n) is 8.72. The molecule has 0 N–H and O–H groups in total. The molecule has 1 fully saturated rings. The molecule has 0 spiro atoms. The molecule has 7 heteroatoms. The normalized spacial score (nSPS) is 17.0. The summed E-state index contributed by atoms with van der Waals surface area (Å²) < 4.78 is 28.5. The van der Waals surface area contributed by atoms with Crippen LogP contribution in [0.3, 0.4) is 0 Å². The van der Waals surface area contributed by atoms with Crippen molar-refractivity contribution in [3.8, 4) is 0 Å². The minimum absolute atomic E-state index is 0.266. The number of sulfonamides is 1. The van der Waals surface area contributed by atoms with Gasteiger partial charge in [-0.2, -0.15) is 9.40 Å². The molecule has 2 heterocycles. The first-order chi connectivity index (χ1) is 12.5. The fraction of sp³-hybridized carbons (Fsp3) is 0.316. The molecule has 26 heavy (non-hydrogen) atoms. The Balaban J connectivity index is 1.45. The van der Waals surface area contributed by atoms with E-state index >= 15 is 0 Å². The Morgan fingerprint density at radius 1 is 1.00 bits per heavy atom. The summed E-state index contributed by atoms with van der Waals surface area (Å²) in [6.07, 6.45) is 2.97. The van der Waals surface area contributed by atoms with Gasteiger partial charge in [0.05, 0.1) is 6.20 Å². The van der Waals surface area contributed by atoms with Gasteiger partial charge in [0.15, 0.2) is 0 Å². The van der Waals surface area contributed by atoms with Crippen LogP contribution in [-0.4, -0.2) is 53.6 Å². The van der Waals surface area contributed by atoms with Crippen LogP contribution in [0.2, 0.25) is 0 Å². The van der Waals surface area contributed by atoms with Crippen molar-refractivity contribution in [2.75, 3.05) is 26.2 Å². The third-order valence-corrected chi connectivity index (χ3v) is 6.78. The van der Waals surface area contributed by atoms with Crippen molar-refractivity contribution in [2.24, 2.45) is 7.05 Å². The number of piperazine rings is 1. The van der Waals surface area contributed by atoms with E-state index in [1.54, 1.807) is 17.5 Å². The number of rotatable bonds is 4. The lowest BCUT2D eigenvalue weighted by Gasteiger charge is -2.33. The summed E-state index contributed by atoms with van der Waals surface area (Å²) in [6, 6.07) is 14.7. The van der Waals surface area contributed by atoms with Gasteiger partial charge < -0.3 is 0 Å². The van der Waals surface area contributed by atoms with Crippen LogP contribution in [-0.2, 0) is 23.6 Å². The maximum Gasteiger partial charge on any atom is 0.246 e. The first kappa shape index (κ1) is 17.2. The van der Waals surface area contributed by atoms with Gasteiger partial charge in [-0.15, -0.1) is 0 Å². The fourth-order valence-corrected chi connectivity index (χ4v) is 4.89. The van der Waals surface area contributed by atoms with Gasteiger partial charge in [-0.25, -0.2) is 8.42 Å². The van der Waals surface area contributed by atoms with Crippen LogP contribution in [0.5, 0.6) is 0 Å². The standard InChI is InChI=1S/C19H22N4O2S/c1-21-15-18(13-20-21)26(24,25)23-11-9-22(10-12-23)14-17-7-4-6-16-5-2-3-8-19(16)17/h2-8,13,15H,9-12,14H2,1H3. The van der Waals surface area contributed by atoms with E-state index in [2.05, 4.69) is 46.4 Å². The van der Waals surface area contributed by atoms with Crippen LogP contribution in [0.4, 0.5) is 0 Å². The summed E-state index contributed by atoms with van der Waals surface area (Å²) in [7, 11) is -1.73. The molecule has 1 aliphatic heterocycles. The average molecular weight is 370 g/mol. The van der Waals surface area contributed by atoms with E-state index < -0.39 is 10.0 Å². The second-order valence-electron chi connectivity index (χ2n) is 6.67. The van der Waals surface area contributed by atoms with Crippen LogP contribution >= 0.6 is 0 Å². The van der Waals surface area contributed by atoms with E-state index in [0.29, 0.717) is 13.1 Å². The highest BCUT2D eigenvalue weighted by molar-refractivity contribution is 7.89. The summed E-state index contributed by atoms with van der Waals surface area (Å²) in [6.45, 7) is 3.29. The Morgan fingerprint density at radius 2 is 1.73 bits per heavy atom. The number of nitrogens with zero attached hydrogens (tertiary/aromatic N) is 4. The van der Waals surface area contributed by atoms with Gasteiger partial charge >= 0.3 is 0 Å². The molecule has 3 aromatic rings. The van der Waals surface area contributed by atoms with Gasteiger partial charge in [-0.1, -0.05) is 42.5 Å². The highest BCUT2D eigenvalue weighted by Gasteiger charge is 2.29. The lowest BCUT2D eigenvalue weighted by Crippen LogP contribution is -2.48. The monoisotopic (exact) mass is 370 g/mol. The molecule has 0 bridgehead atoms. The smallest absolute Gasteiger partial charge is 0.246 e. The highest BCUT2D eigenvalue weighted by Crippen LogP contribution is 2.22. The van der Waals surface area contributed by atoms with Gasteiger partial charge in [-0.05, 0) is 16.3 Å². The van der Waals surface area contributed by atoms with E-state index in [9.17, 15) is 8.42 Å². The van der Waals surface area contributed by atoms with Crippen LogP contribution in [0.25, 0.3) is 10.8 Å². The van der Waals surface area contributed by atoms with E-state index in [4.69, 9.17) is 0 Å². The molecule has 0 unspecified atom stereocenters. The van der Waals surface area contributed by atoms with Crippen molar-refractivity contribution in [3.05, 3.63) is 60.4 Å². The molecule has 136 valence electrons. The van der Waals surface area contributed by atoms with Crippen LogP contribution in [0.15, 0.2) is 59.8 Å². The maximum atomic E-state index is 12.7. The van der Waals surface area contributed by atoms with Crippen molar-refractivity contribution in [1.29, 1.82) is 0 Å². The molecule has 2 aromatic carbocycles. The summed E-state index contributed by atoms with van der Waals surface area (Å²) in [5.74, 6) is 0. The lowest BCUT2D eigenvalue weighted by molar-refractivity contribution is 0.182. The topological polar surface area (TPSA) is 58.4 Å². The third kappa shape index (κ3) is 3.25. The van der Waals surface area contributed by atoms with Crippen molar-refractivity contribution in [1.82, 2.24) is 19.0 Å². The van der Waals surface area contributed by atoms with Crippen LogP contribution in [0.1, 0.15) is 5.56 Å². The lowest BCUT2D eigenvalue weighted by atomic mass is 10.0. The summed E-state index contributed by atoms with van der Waals surface area (Å²) in [4.78, 5) is 2.58. The molecule has 4 rings (SSSR count). The highest BCUT2D eigenvalue weighted by atomic mass is 32.2. The summed E-state index contributed by atoms with van der Waals surface area (Å²) in [5, 5.41) is 6.48. The largest absolute Gasteiger partial charge is 0.296 e. The van der Waals surface area contributed by atoms with Gasteiger partial charge in [0.1, 0.15) is 4.90 Å². The Kier molecular flexibility index (Phi) is 4.52. The molecule has 1 saturated heterocycles. The predicted molar refractivity (Wildman–Crippen MR) is 101 cm³/mol. The van der Waals surface area contributed by atoms with Crippen LogP contribution in [0, 0.1) is 0 Å². The van der Waals surface area contributed by atoms with E-state index in [-0.39, 0.29) is 4.90 Å². The van der Waals surface area contributed by atoms with E-state index in [1.807, 2.05) is 6.07 Å². The molecule has 1 aliphatic rings. The zero-order valence-corrected chi connectivity index (χ0v) is 15.6. The van der Waals surface area contributed by atoms with Gasteiger partial charge in [0.2, 0.25) is 10.0 Å². The van der Waals surface area contributed by atoms with Crippen molar-refractivity contribution in [2.45, 2.75) is 11.4 Å². The predicted octanol–water partition coefficient (Wildman–Crippen LogP) is 2.08. The minimum Gasteiger partial charge on any atom is -0.296 e. The number of hydrogen-bond donors (Lipinski definition) is 0. The molecule has 0 atom stereocenters. The quantitative estimate of drug-likeness (QED) is 0.706. The molecule has 0 aliphatic carbocycles. The molecule has 0 saturated carbocycles. The fourth-order valence-electron chi connectivity index (χ4n) is 3.48. The van der Waals surface area contributed by atoms with Crippen molar-refractivity contribution in [3.63, 3.8) is 0 Å². The van der Waals surface area contributed by atoms with E-state index in [1.165, 1.54) is 27.2 Å². The molecule has 6 nitrogen and oxygen atoms in total. The molecule has 0 amide bonds. The number of fused-ring (bicyclic) bond motifs is 1. The number of aryl methyl sites for hydroxylation is 1. The van der Waals surface area contributed by atoms with Gasteiger partial charge in [0, 0.05) is 46.0 Å². The maximum absolute atomic E-state index is 12.7. The van der Waals surface area contributed by atoms with Gasteiger partial charge in [0.25, 0.3) is 0 Å². The number of hydrogen-bond acceptors (Lipinski definition) is 4. The molecular weight excluding hydrogens is 348 g/mol. The Labute approximate surface area is 153 Å². The minimum atomic E-state index is -3.45. The van der Waals surface area contributed by atoms with Crippen molar-refractivity contribution >= 4 is 20.8 Å². The zero-order chi connectivity index (χ0) is 18.1. The average Bonchev–Trinajstić information content (AvgIpc) is 3.10. The first-order valence-corrected chi connectivity index (χ1v) is 10.2. The molecule has 0 radical (unpaired) electrons. The number of benzene rings is 2. The summed E-state index contributed by atoms with van der Waals surface area (Å²) in [5.41, 5.74) is 1.28. The number of aromatic nitrogens is 2. The second-order valence-corrected chi connectivity index (χ2v) is 8.61. The Hall–Kier alpha value is -2.22. The van der Waals surface area contributed by atoms with E-state index in [0.717, 1.165) is 19.6 Å². The van der Waals surface area contributed by atoms with Gasteiger partial charge in [-0.3, -0.25) is 9.58 Å². The van der Waals surface area contributed by atoms with Crippen LogP contribution < -0.4 is 0 Å². The molecular formula is C19H22N4O2S. The third-order valence-electron chi connectivity index (χ3n) is 4.92. The Morgan fingerprint density at radius 3 is 2.46 bits per heavy atom. The van der Waals surface area contributed by atoms with Crippen molar-refractivity contribution < 1.29 is 8.42 Å². The second kappa shape index (κ2) is 6.83. The Bertz CT molecular complexity index is 1020.